The second kappa shape index (κ2) is 5.39. The molecule has 1 N–H and O–H groups in total. The van der Waals surface area contributed by atoms with Crippen LogP contribution in [0.1, 0.15) is 24.0 Å². The summed E-state index contributed by atoms with van der Waals surface area (Å²) in [4.78, 5) is 11.9. The first-order valence-corrected chi connectivity index (χ1v) is 6.95. The second-order valence-corrected chi connectivity index (χ2v) is 5.31. The molecule has 1 saturated heterocycles. The summed E-state index contributed by atoms with van der Waals surface area (Å²) in [5, 5.41) is 3.58. The van der Waals surface area contributed by atoms with Crippen molar-refractivity contribution < 1.29 is 14.3 Å². The van der Waals surface area contributed by atoms with Gasteiger partial charge >= 0.3 is 0 Å². The molecule has 2 aliphatic heterocycles. The van der Waals surface area contributed by atoms with Crippen LogP contribution in [-0.2, 0) is 22.5 Å². The molecule has 1 aromatic carbocycles. The lowest BCUT2D eigenvalue weighted by Gasteiger charge is -2.13. The van der Waals surface area contributed by atoms with Crippen molar-refractivity contribution in [3.05, 3.63) is 28.3 Å². The Morgan fingerprint density at radius 1 is 1.42 bits per heavy atom. The van der Waals surface area contributed by atoms with Crippen molar-refractivity contribution in [1.29, 1.82) is 0 Å². The minimum Gasteiger partial charge on any atom is -0.493 e. The molecule has 4 nitrogen and oxygen atoms in total. The zero-order valence-corrected chi connectivity index (χ0v) is 11.3. The van der Waals surface area contributed by atoms with Crippen LogP contribution in [0.4, 0.5) is 0 Å². The van der Waals surface area contributed by atoms with Gasteiger partial charge < -0.3 is 14.8 Å². The van der Waals surface area contributed by atoms with E-state index in [1.165, 1.54) is 0 Å². The van der Waals surface area contributed by atoms with Gasteiger partial charge in [-0.2, -0.15) is 0 Å². The summed E-state index contributed by atoms with van der Waals surface area (Å²) in [5.74, 6) is 0.821. The lowest BCUT2D eigenvalue weighted by Crippen LogP contribution is -2.33. The fourth-order valence-electron chi connectivity index (χ4n) is 2.56. The Morgan fingerprint density at radius 2 is 2.32 bits per heavy atom. The van der Waals surface area contributed by atoms with E-state index in [1.807, 2.05) is 12.1 Å². The Bertz CT molecular complexity index is 498. The van der Waals surface area contributed by atoms with Gasteiger partial charge in [0.1, 0.15) is 11.9 Å². The number of rotatable bonds is 3. The molecule has 2 aliphatic rings. The molecule has 102 valence electrons. The highest BCUT2D eigenvalue weighted by Crippen LogP contribution is 2.32. The molecule has 1 unspecified atom stereocenters. The maximum Gasteiger partial charge on any atom is 0.249 e. The molecule has 1 fully saturated rings. The molecule has 5 heteroatoms. The highest BCUT2D eigenvalue weighted by Gasteiger charge is 2.24. The number of halogens is 1. The molecule has 1 aromatic rings. The van der Waals surface area contributed by atoms with E-state index in [1.54, 1.807) is 0 Å². The van der Waals surface area contributed by atoms with E-state index in [-0.39, 0.29) is 12.0 Å². The van der Waals surface area contributed by atoms with Crippen molar-refractivity contribution in [2.45, 2.75) is 31.9 Å². The summed E-state index contributed by atoms with van der Waals surface area (Å²) >= 11 is 6.08. The molecular formula is C14H16ClNO3. The Labute approximate surface area is 117 Å². The molecular weight excluding hydrogens is 266 g/mol. The minimum absolute atomic E-state index is 0.0516. The van der Waals surface area contributed by atoms with Crippen molar-refractivity contribution in [2.24, 2.45) is 0 Å². The molecule has 3 rings (SSSR count). The Balaban J connectivity index is 1.68. The van der Waals surface area contributed by atoms with Crippen LogP contribution in [0.25, 0.3) is 0 Å². The van der Waals surface area contributed by atoms with Gasteiger partial charge in [-0.15, -0.1) is 0 Å². The summed E-state index contributed by atoms with van der Waals surface area (Å²) in [5.41, 5.74) is 2.06. The molecule has 1 amide bonds. The number of hydrogen-bond acceptors (Lipinski definition) is 3. The summed E-state index contributed by atoms with van der Waals surface area (Å²) < 4.78 is 11.0. The minimum atomic E-state index is -0.298. The fraction of sp³-hybridized carbons (Fsp3) is 0.500. The predicted molar refractivity (Wildman–Crippen MR) is 71.5 cm³/mol. The Hall–Kier alpha value is -1.26. The molecule has 19 heavy (non-hydrogen) atoms. The number of benzene rings is 1. The number of nitrogens with one attached hydrogen (secondary N) is 1. The lowest BCUT2D eigenvalue weighted by atomic mass is 10.1. The van der Waals surface area contributed by atoms with Gasteiger partial charge in [0.2, 0.25) is 5.91 Å². The lowest BCUT2D eigenvalue weighted by molar-refractivity contribution is -0.130. The van der Waals surface area contributed by atoms with Crippen LogP contribution in [0.2, 0.25) is 5.02 Å². The van der Waals surface area contributed by atoms with Crippen molar-refractivity contribution in [2.75, 3.05) is 13.2 Å². The van der Waals surface area contributed by atoms with Crippen LogP contribution >= 0.6 is 11.6 Å². The number of fused-ring (bicyclic) bond motifs is 1. The summed E-state index contributed by atoms with van der Waals surface area (Å²) in [7, 11) is 0. The molecule has 1 atom stereocenters. The van der Waals surface area contributed by atoms with Crippen LogP contribution in [0.15, 0.2) is 12.1 Å². The zero-order chi connectivity index (χ0) is 13.2. The third-order valence-electron chi connectivity index (χ3n) is 3.50. The van der Waals surface area contributed by atoms with E-state index in [9.17, 15) is 4.79 Å². The highest BCUT2D eigenvalue weighted by molar-refractivity contribution is 6.30. The monoisotopic (exact) mass is 281 g/mol. The van der Waals surface area contributed by atoms with E-state index in [0.29, 0.717) is 24.8 Å². The standard InChI is InChI=1S/C14H16ClNO3/c15-11-6-9-3-5-19-13(9)10(7-11)8-16-14(17)12-2-1-4-18-12/h6-7,12H,1-5,8H2,(H,16,17). The van der Waals surface area contributed by atoms with Crippen molar-refractivity contribution in [3.63, 3.8) is 0 Å². The van der Waals surface area contributed by atoms with Gasteiger partial charge in [0.05, 0.1) is 6.61 Å². The van der Waals surface area contributed by atoms with Crippen molar-refractivity contribution in [1.82, 2.24) is 5.32 Å². The Kier molecular flexibility index (Phi) is 3.62. The summed E-state index contributed by atoms with van der Waals surface area (Å²) in [6.45, 7) is 1.79. The molecule has 0 aromatic heterocycles. The first-order valence-electron chi connectivity index (χ1n) is 6.57. The smallest absolute Gasteiger partial charge is 0.249 e. The van der Waals surface area contributed by atoms with Crippen LogP contribution < -0.4 is 10.1 Å². The average Bonchev–Trinajstić information content (AvgIpc) is 3.05. The number of ether oxygens (including phenoxy) is 2. The van der Waals surface area contributed by atoms with Crippen LogP contribution in [0.3, 0.4) is 0 Å². The quantitative estimate of drug-likeness (QED) is 0.923. The average molecular weight is 282 g/mol. The van der Waals surface area contributed by atoms with Gasteiger partial charge in [-0.05, 0) is 30.5 Å². The van der Waals surface area contributed by atoms with E-state index < -0.39 is 0 Å². The van der Waals surface area contributed by atoms with E-state index >= 15 is 0 Å². The normalized spacial score (nSPS) is 21.0. The number of hydrogen-bond donors (Lipinski definition) is 1. The van der Waals surface area contributed by atoms with Crippen LogP contribution in [0.5, 0.6) is 5.75 Å². The van der Waals surface area contributed by atoms with E-state index in [0.717, 1.165) is 36.1 Å². The Morgan fingerprint density at radius 3 is 3.11 bits per heavy atom. The maximum absolute atomic E-state index is 11.9. The first-order chi connectivity index (χ1) is 9.24. The number of carbonyl (C=O) groups excluding carboxylic acids is 1. The van der Waals surface area contributed by atoms with Crippen LogP contribution in [-0.4, -0.2) is 25.2 Å². The second-order valence-electron chi connectivity index (χ2n) is 4.87. The van der Waals surface area contributed by atoms with Gasteiger partial charge in [-0.3, -0.25) is 4.79 Å². The largest absolute Gasteiger partial charge is 0.493 e. The first kappa shape index (κ1) is 12.8. The SMILES string of the molecule is O=C(NCc1cc(Cl)cc2c1OCC2)C1CCCO1. The molecule has 0 aliphatic carbocycles. The third kappa shape index (κ3) is 2.69. The zero-order valence-electron chi connectivity index (χ0n) is 10.6. The maximum atomic E-state index is 11.9. The van der Waals surface area contributed by atoms with Gasteiger partial charge in [0.15, 0.2) is 0 Å². The fourth-order valence-corrected chi connectivity index (χ4v) is 2.82. The van der Waals surface area contributed by atoms with Gasteiger partial charge in [-0.1, -0.05) is 11.6 Å². The third-order valence-corrected chi connectivity index (χ3v) is 3.72. The van der Waals surface area contributed by atoms with Gasteiger partial charge in [-0.25, -0.2) is 0 Å². The molecule has 0 spiro atoms. The summed E-state index contributed by atoms with van der Waals surface area (Å²) in [6, 6.07) is 3.77. The number of amides is 1. The van der Waals surface area contributed by atoms with Crippen molar-refractivity contribution in [3.8, 4) is 5.75 Å². The number of carbonyl (C=O) groups is 1. The van der Waals surface area contributed by atoms with Crippen LogP contribution in [0, 0.1) is 0 Å². The topological polar surface area (TPSA) is 47.6 Å². The molecule has 0 radical (unpaired) electrons. The highest BCUT2D eigenvalue weighted by atomic mass is 35.5. The molecule has 0 bridgehead atoms. The van der Waals surface area contributed by atoms with Gasteiger partial charge in [0, 0.05) is 30.2 Å². The summed E-state index contributed by atoms with van der Waals surface area (Å²) in [6.07, 6.45) is 2.33. The van der Waals surface area contributed by atoms with E-state index in [2.05, 4.69) is 5.32 Å². The molecule has 0 saturated carbocycles. The predicted octanol–water partition coefficient (Wildman–Crippen LogP) is 2.07. The van der Waals surface area contributed by atoms with E-state index in [4.69, 9.17) is 21.1 Å². The molecule has 2 heterocycles. The van der Waals surface area contributed by atoms with Crippen molar-refractivity contribution >= 4 is 17.5 Å². The van der Waals surface area contributed by atoms with Gasteiger partial charge in [0.25, 0.3) is 0 Å².